The van der Waals surface area contributed by atoms with Crippen LogP contribution in [0.15, 0.2) is 0 Å². The van der Waals surface area contributed by atoms with Crippen LogP contribution in [0, 0.1) is 0 Å². The van der Waals surface area contributed by atoms with Crippen molar-refractivity contribution in [1.29, 1.82) is 0 Å². The van der Waals surface area contributed by atoms with Gasteiger partial charge in [0, 0.05) is 0 Å². The minimum Gasteiger partial charge on any atom is -0.317 e. The van der Waals surface area contributed by atoms with Gasteiger partial charge in [-0.15, -0.1) is 0 Å². The summed E-state index contributed by atoms with van der Waals surface area (Å²) in [6, 6.07) is 0. The van der Waals surface area contributed by atoms with Gasteiger partial charge in [-0.1, -0.05) is 26.7 Å². The average molecular weight is 343 g/mol. The summed E-state index contributed by atoms with van der Waals surface area (Å²) in [4.78, 5) is 0. The van der Waals surface area contributed by atoms with Crippen LogP contribution in [-0.2, 0) is 0 Å². The highest BCUT2D eigenvalue weighted by Gasteiger charge is 1.93. The monoisotopic (exact) mass is 342 g/mol. The summed E-state index contributed by atoms with van der Waals surface area (Å²) in [7, 11) is 0. The van der Waals surface area contributed by atoms with Crippen LogP contribution in [0.5, 0.6) is 0 Å². The molecule has 0 unspecified atom stereocenters. The first kappa shape index (κ1) is 23.8. The third kappa shape index (κ3) is 21.8. The number of hydrogen-bond acceptors (Lipinski definition) is 4. The van der Waals surface area contributed by atoms with Gasteiger partial charge in [0.15, 0.2) is 0 Å². The van der Waals surface area contributed by atoms with Gasteiger partial charge in [-0.25, -0.2) is 0 Å². The Morgan fingerprint density at radius 2 is 0.625 bits per heavy atom. The van der Waals surface area contributed by atoms with Crippen LogP contribution < -0.4 is 21.3 Å². The van der Waals surface area contributed by atoms with Crippen molar-refractivity contribution in [1.82, 2.24) is 21.3 Å². The molecule has 0 aromatic heterocycles. The summed E-state index contributed by atoms with van der Waals surface area (Å²) in [6.07, 6.45) is 13.0. The standard InChI is InChI=1S/C20H46N4/c1-3-5-6-14-22-16-9-10-18-24-20-12-11-19-23-17-8-7-15-21-13-4-2/h21-24H,3-20H2,1-2H3. The fourth-order valence-corrected chi connectivity index (χ4v) is 2.68. The number of rotatable bonds is 21. The molecule has 0 saturated carbocycles. The number of nitrogens with one attached hydrogen (secondary N) is 4. The van der Waals surface area contributed by atoms with Crippen molar-refractivity contribution in [2.24, 2.45) is 0 Å². The Labute approximate surface area is 152 Å². The lowest BCUT2D eigenvalue weighted by Gasteiger charge is -2.07. The second-order valence-electron chi connectivity index (χ2n) is 6.83. The summed E-state index contributed by atoms with van der Waals surface area (Å²) < 4.78 is 0. The molecule has 0 rings (SSSR count). The highest BCUT2D eigenvalue weighted by atomic mass is 14.9. The van der Waals surface area contributed by atoms with Crippen LogP contribution >= 0.6 is 0 Å². The van der Waals surface area contributed by atoms with Crippen molar-refractivity contribution in [3.8, 4) is 0 Å². The molecule has 0 atom stereocenters. The summed E-state index contributed by atoms with van der Waals surface area (Å²) in [5.74, 6) is 0. The van der Waals surface area contributed by atoms with Crippen molar-refractivity contribution in [3.63, 3.8) is 0 Å². The Kier molecular flexibility index (Phi) is 22.7. The first-order valence-corrected chi connectivity index (χ1v) is 10.7. The molecule has 0 saturated heterocycles. The zero-order valence-corrected chi connectivity index (χ0v) is 16.7. The zero-order chi connectivity index (χ0) is 17.6. The summed E-state index contributed by atoms with van der Waals surface area (Å²) in [5.41, 5.74) is 0. The van der Waals surface area contributed by atoms with E-state index in [1.165, 1.54) is 110 Å². The smallest absolute Gasteiger partial charge is 0.00484 e. The Balaban J connectivity index is 2.93. The van der Waals surface area contributed by atoms with E-state index in [9.17, 15) is 0 Å². The predicted octanol–water partition coefficient (Wildman–Crippen LogP) is 3.29. The summed E-state index contributed by atoms with van der Waals surface area (Å²) >= 11 is 0. The molecule has 0 heterocycles. The van der Waals surface area contributed by atoms with Crippen LogP contribution in [0.25, 0.3) is 0 Å². The maximum absolute atomic E-state index is 3.56. The molecule has 0 aliphatic heterocycles. The van der Waals surface area contributed by atoms with Gasteiger partial charge in [-0.2, -0.15) is 0 Å². The molecular formula is C20H46N4. The van der Waals surface area contributed by atoms with Crippen molar-refractivity contribution in [2.75, 3.05) is 52.4 Å². The fourth-order valence-electron chi connectivity index (χ4n) is 2.68. The summed E-state index contributed by atoms with van der Waals surface area (Å²) in [5, 5.41) is 14.1. The molecule has 0 bridgehead atoms. The van der Waals surface area contributed by atoms with E-state index in [4.69, 9.17) is 0 Å². The van der Waals surface area contributed by atoms with Gasteiger partial charge in [0.25, 0.3) is 0 Å². The van der Waals surface area contributed by atoms with Crippen LogP contribution in [0.1, 0.15) is 78.1 Å². The topological polar surface area (TPSA) is 48.1 Å². The molecule has 0 amide bonds. The first-order valence-electron chi connectivity index (χ1n) is 10.7. The third-order valence-electron chi connectivity index (χ3n) is 4.26. The average Bonchev–Trinajstić information content (AvgIpc) is 2.60. The van der Waals surface area contributed by atoms with Crippen LogP contribution in [0.4, 0.5) is 0 Å². The van der Waals surface area contributed by atoms with Gasteiger partial charge in [-0.3, -0.25) is 0 Å². The largest absolute Gasteiger partial charge is 0.317 e. The van der Waals surface area contributed by atoms with Gasteiger partial charge in [-0.05, 0) is 104 Å². The zero-order valence-electron chi connectivity index (χ0n) is 16.7. The lowest BCUT2D eigenvalue weighted by atomic mass is 10.2. The van der Waals surface area contributed by atoms with E-state index in [0.29, 0.717) is 0 Å². The molecule has 0 spiro atoms. The SMILES string of the molecule is CCCCCNCCCCNCCCCNCCCCNCCC. The lowest BCUT2D eigenvalue weighted by Crippen LogP contribution is -2.22. The molecule has 4 nitrogen and oxygen atoms in total. The van der Waals surface area contributed by atoms with E-state index < -0.39 is 0 Å². The van der Waals surface area contributed by atoms with Gasteiger partial charge in [0.2, 0.25) is 0 Å². The fraction of sp³-hybridized carbons (Fsp3) is 1.00. The Hall–Kier alpha value is -0.160. The number of hydrogen-bond donors (Lipinski definition) is 4. The Bertz CT molecular complexity index is 190. The van der Waals surface area contributed by atoms with Crippen molar-refractivity contribution in [2.45, 2.75) is 78.1 Å². The molecular weight excluding hydrogens is 296 g/mol. The quantitative estimate of drug-likeness (QED) is 0.242. The normalized spacial score (nSPS) is 11.2. The van der Waals surface area contributed by atoms with Crippen LogP contribution in [0.3, 0.4) is 0 Å². The van der Waals surface area contributed by atoms with E-state index in [2.05, 4.69) is 35.1 Å². The molecule has 146 valence electrons. The molecule has 24 heavy (non-hydrogen) atoms. The van der Waals surface area contributed by atoms with Crippen LogP contribution in [-0.4, -0.2) is 52.4 Å². The maximum Gasteiger partial charge on any atom is -0.00484 e. The van der Waals surface area contributed by atoms with Crippen molar-refractivity contribution >= 4 is 0 Å². The second-order valence-corrected chi connectivity index (χ2v) is 6.83. The minimum absolute atomic E-state index is 1.16. The second kappa shape index (κ2) is 22.8. The first-order chi connectivity index (χ1) is 11.9. The molecule has 0 fully saturated rings. The molecule has 0 aromatic carbocycles. The molecule has 0 radical (unpaired) electrons. The van der Waals surface area contributed by atoms with E-state index in [1.807, 2.05) is 0 Å². The van der Waals surface area contributed by atoms with E-state index >= 15 is 0 Å². The van der Waals surface area contributed by atoms with Gasteiger partial charge < -0.3 is 21.3 Å². The van der Waals surface area contributed by atoms with E-state index in [1.54, 1.807) is 0 Å². The molecule has 0 aliphatic rings. The van der Waals surface area contributed by atoms with E-state index in [-0.39, 0.29) is 0 Å². The minimum atomic E-state index is 1.16. The predicted molar refractivity (Wildman–Crippen MR) is 109 cm³/mol. The molecule has 0 aliphatic carbocycles. The summed E-state index contributed by atoms with van der Waals surface area (Å²) in [6.45, 7) is 13.9. The molecule has 4 heteroatoms. The third-order valence-corrected chi connectivity index (χ3v) is 4.26. The van der Waals surface area contributed by atoms with E-state index in [0.717, 1.165) is 6.54 Å². The molecule has 0 aromatic rings. The Morgan fingerprint density at radius 1 is 0.333 bits per heavy atom. The highest BCUT2D eigenvalue weighted by molar-refractivity contribution is 4.55. The number of unbranched alkanes of at least 4 members (excludes halogenated alkanes) is 5. The van der Waals surface area contributed by atoms with Gasteiger partial charge in [0.05, 0.1) is 0 Å². The highest BCUT2D eigenvalue weighted by Crippen LogP contribution is 1.92. The lowest BCUT2D eigenvalue weighted by molar-refractivity contribution is 0.538. The van der Waals surface area contributed by atoms with Crippen molar-refractivity contribution < 1.29 is 0 Å². The Morgan fingerprint density at radius 3 is 0.917 bits per heavy atom. The van der Waals surface area contributed by atoms with Crippen molar-refractivity contribution in [3.05, 3.63) is 0 Å². The van der Waals surface area contributed by atoms with Crippen LogP contribution in [0.2, 0.25) is 0 Å². The maximum atomic E-state index is 3.56. The van der Waals surface area contributed by atoms with Gasteiger partial charge in [0.1, 0.15) is 0 Å². The van der Waals surface area contributed by atoms with Gasteiger partial charge >= 0.3 is 0 Å². The molecule has 4 N–H and O–H groups in total.